The molecule has 0 saturated heterocycles. The average molecular weight is 347 g/mol. The maximum atomic E-state index is 12.0. The van der Waals surface area contributed by atoms with Gasteiger partial charge in [-0.3, -0.25) is 4.68 Å². The van der Waals surface area contributed by atoms with Gasteiger partial charge in [0.1, 0.15) is 10.7 Å². The van der Waals surface area contributed by atoms with Crippen LogP contribution >= 0.6 is 0 Å². The summed E-state index contributed by atoms with van der Waals surface area (Å²) in [6.07, 6.45) is 7.90. The first-order chi connectivity index (χ1) is 11.5. The Morgan fingerprint density at radius 1 is 1.21 bits per heavy atom. The fraction of sp³-hybridized carbons (Fsp3) is 0.214. The molecular formula is C14H17N7O2S. The van der Waals surface area contributed by atoms with Crippen molar-refractivity contribution < 1.29 is 8.42 Å². The molecule has 3 rings (SSSR count). The summed E-state index contributed by atoms with van der Waals surface area (Å²) in [5.74, 6) is 0.604. The summed E-state index contributed by atoms with van der Waals surface area (Å²) in [7, 11) is -1.70. The van der Waals surface area contributed by atoms with E-state index in [1.54, 1.807) is 36.1 Å². The summed E-state index contributed by atoms with van der Waals surface area (Å²) in [6.45, 7) is 2.04. The Kier molecular flexibility index (Phi) is 4.32. The molecule has 10 heteroatoms. The van der Waals surface area contributed by atoms with Gasteiger partial charge in [-0.2, -0.15) is 10.2 Å². The van der Waals surface area contributed by atoms with Gasteiger partial charge in [-0.25, -0.2) is 22.8 Å². The van der Waals surface area contributed by atoms with Crippen LogP contribution in [0.5, 0.6) is 0 Å². The molecule has 0 radical (unpaired) electrons. The van der Waals surface area contributed by atoms with Crippen LogP contribution in [-0.2, 0) is 17.1 Å². The SMILES string of the molecule is CCNS(=O)(=O)c1cnn(-c2ccnc(Nc3cnn(C)c3)c2)c1. The molecule has 126 valence electrons. The van der Waals surface area contributed by atoms with E-state index in [1.165, 1.54) is 17.1 Å². The maximum Gasteiger partial charge on any atom is 0.243 e. The summed E-state index contributed by atoms with van der Waals surface area (Å²) < 4.78 is 29.6. The Hall–Kier alpha value is -2.72. The summed E-state index contributed by atoms with van der Waals surface area (Å²) in [4.78, 5) is 4.35. The Bertz CT molecular complexity index is 945. The second kappa shape index (κ2) is 6.42. The van der Waals surface area contributed by atoms with E-state index in [9.17, 15) is 8.42 Å². The third-order valence-corrected chi connectivity index (χ3v) is 4.69. The topological polar surface area (TPSA) is 107 Å². The predicted octanol–water partition coefficient (Wildman–Crippen LogP) is 1.04. The first kappa shape index (κ1) is 16.1. The molecule has 2 N–H and O–H groups in total. The molecule has 0 bridgehead atoms. The second-order valence-corrected chi connectivity index (χ2v) is 6.82. The van der Waals surface area contributed by atoms with Crippen molar-refractivity contribution in [3.63, 3.8) is 0 Å². The monoisotopic (exact) mass is 347 g/mol. The molecule has 0 unspecified atom stereocenters. The molecule has 0 spiro atoms. The highest BCUT2D eigenvalue weighted by Crippen LogP contribution is 2.17. The zero-order valence-corrected chi connectivity index (χ0v) is 14.0. The first-order valence-electron chi connectivity index (χ1n) is 7.24. The van der Waals surface area contributed by atoms with Gasteiger partial charge in [-0.1, -0.05) is 6.92 Å². The maximum absolute atomic E-state index is 12.0. The Balaban J connectivity index is 1.85. The van der Waals surface area contributed by atoms with E-state index in [-0.39, 0.29) is 4.90 Å². The van der Waals surface area contributed by atoms with E-state index < -0.39 is 10.0 Å². The lowest BCUT2D eigenvalue weighted by Gasteiger charge is -2.05. The van der Waals surface area contributed by atoms with Gasteiger partial charge in [-0.15, -0.1) is 0 Å². The van der Waals surface area contributed by atoms with Crippen molar-refractivity contribution in [2.45, 2.75) is 11.8 Å². The third-order valence-electron chi connectivity index (χ3n) is 3.19. The van der Waals surface area contributed by atoms with Gasteiger partial charge in [0.15, 0.2) is 0 Å². The minimum Gasteiger partial charge on any atom is -0.338 e. The highest BCUT2D eigenvalue weighted by molar-refractivity contribution is 7.89. The Morgan fingerprint density at radius 2 is 2.04 bits per heavy atom. The summed E-state index contributed by atoms with van der Waals surface area (Å²) in [5.41, 5.74) is 1.49. The molecule has 0 saturated carbocycles. The molecule has 24 heavy (non-hydrogen) atoms. The van der Waals surface area contributed by atoms with Crippen LogP contribution in [0.1, 0.15) is 6.92 Å². The lowest BCUT2D eigenvalue weighted by Crippen LogP contribution is -2.22. The number of nitrogens with one attached hydrogen (secondary N) is 2. The molecular weight excluding hydrogens is 330 g/mol. The molecule has 3 aromatic rings. The van der Waals surface area contributed by atoms with E-state index in [0.717, 1.165) is 5.69 Å². The molecule has 0 aliphatic carbocycles. The van der Waals surface area contributed by atoms with E-state index >= 15 is 0 Å². The van der Waals surface area contributed by atoms with Crippen molar-refractivity contribution in [1.82, 2.24) is 29.3 Å². The van der Waals surface area contributed by atoms with Crippen LogP contribution < -0.4 is 10.0 Å². The smallest absolute Gasteiger partial charge is 0.243 e. The van der Waals surface area contributed by atoms with Gasteiger partial charge in [0.25, 0.3) is 0 Å². The fourth-order valence-electron chi connectivity index (χ4n) is 2.12. The van der Waals surface area contributed by atoms with Crippen LogP contribution in [0.15, 0.2) is 48.0 Å². The van der Waals surface area contributed by atoms with Crippen molar-refractivity contribution in [2.24, 2.45) is 7.05 Å². The van der Waals surface area contributed by atoms with Crippen LogP contribution in [0.2, 0.25) is 0 Å². The van der Waals surface area contributed by atoms with Gasteiger partial charge in [0.05, 0.1) is 30.0 Å². The minimum absolute atomic E-state index is 0.114. The molecule has 0 atom stereocenters. The van der Waals surface area contributed by atoms with Crippen molar-refractivity contribution in [3.8, 4) is 5.69 Å². The van der Waals surface area contributed by atoms with Gasteiger partial charge in [0.2, 0.25) is 10.0 Å². The number of aryl methyl sites for hydroxylation is 1. The Labute approximate surface area is 139 Å². The minimum atomic E-state index is -3.53. The molecule has 3 aromatic heterocycles. The van der Waals surface area contributed by atoms with Gasteiger partial charge >= 0.3 is 0 Å². The number of hydrogen-bond donors (Lipinski definition) is 2. The molecule has 0 aromatic carbocycles. The summed E-state index contributed by atoms with van der Waals surface area (Å²) in [6, 6.07) is 3.51. The number of anilines is 2. The van der Waals surface area contributed by atoms with Crippen LogP contribution in [0.25, 0.3) is 5.69 Å². The number of rotatable bonds is 6. The second-order valence-electron chi connectivity index (χ2n) is 5.05. The summed E-state index contributed by atoms with van der Waals surface area (Å²) in [5, 5.41) is 11.3. The molecule has 0 aliphatic rings. The lowest BCUT2D eigenvalue weighted by molar-refractivity contribution is 0.584. The predicted molar refractivity (Wildman–Crippen MR) is 88.7 cm³/mol. The Morgan fingerprint density at radius 3 is 2.75 bits per heavy atom. The number of hydrogen-bond acceptors (Lipinski definition) is 6. The number of aromatic nitrogens is 5. The van der Waals surface area contributed by atoms with E-state index in [2.05, 4.69) is 25.2 Å². The van der Waals surface area contributed by atoms with Gasteiger partial charge in [0, 0.05) is 32.1 Å². The highest BCUT2D eigenvalue weighted by Gasteiger charge is 2.15. The van der Waals surface area contributed by atoms with Crippen molar-refractivity contribution in [3.05, 3.63) is 43.1 Å². The number of nitrogens with zero attached hydrogens (tertiary/aromatic N) is 5. The molecule has 0 amide bonds. The normalized spacial score (nSPS) is 11.6. The van der Waals surface area contributed by atoms with E-state index in [4.69, 9.17) is 0 Å². The van der Waals surface area contributed by atoms with Crippen molar-refractivity contribution >= 4 is 21.5 Å². The van der Waals surface area contributed by atoms with Crippen LogP contribution in [0.4, 0.5) is 11.5 Å². The molecule has 0 fully saturated rings. The largest absolute Gasteiger partial charge is 0.338 e. The number of pyridine rings is 1. The molecule has 3 heterocycles. The average Bonchev–Trinajstić information content (AvgIpc) is 3.17. The lowest BCUT2D eigenvalue weighted by atomic mass is 10.4. The standard InChI is InChI=1S/C14H17N7O2S/c1-3-18-24(22,23)13-8-17-21(10-13)12-4-5-15-14(6-12)19-11-7-16-20(2)9-11/h4-10,18H,3H2,1-2H3,(H,15,19). The quantitative estimate of drug-likeness (QED) is 0.690. The van der Waals surface area contributed by atoms with Crippen LogP contribution in [-0.4, -0.2) is 39.5 Å². The van der Waals surface area contributed by atoms with Crippen molar-refractivity contribution in [1.29, 1.82) is 0 Å². The third kappa shape index (κ3) is 3.44. The first-order valence-corrected chi connectivity index (χ1v) is 8.72. The van der Waals surface area contributed by atoms with Crippen LogP contribution in [0.3, 0.4) is 0 Å². The van der Waals surface area contributed by atoms with Crippen LogP contribution in [0, 0.1) is 0 Å². The molecule has 9 nitrogen and oxygen atoms in total. The highest BCUT2D eigenvalue weighted by atomic mass is 32.2. The summed E-state index contributed by atoms with van der Waals surface area (Å²) >= 11 is 0. The zero-order chi connectivity index (χ0) is 17.2. The fourth-order valence-corrected chi connectivity index (χ4v) is 3.09. The van der Waals surface area contributed by atoms with Gasteiger partial charge < -0.3 is 5.32 Å². The van der Waals surface area contributed by atoms with E-state index in [0.29, 0.717) is 18.1 Å². The zero-order valence-electron chi connectivity index (χ0n) is 13.2. The van der Waals surface area contributed by atoms with Crippen molar-refractivity contribution in [2.75, 3.05) is 11.9 Å². The van der Waals surface area contributed by atoms with E-state index in [1.807, 2.05) is 13.2 Å². The van der Waals surface area contributed by atoms with Gasteiger partial charge in [-0.05, 0) is 6.07 Å². The number of sulfonamides is 1. The molecule has 0 aliphatic heterocycles.